The minimum atomic E-state index is -0.983. The molecule has 5 nitrogen and oxygen atoms in total. The van der Waals surface area contributed by atoms with E-state index in [-0.39, 0.29) is 23.9 Å². The van der Waals surface area contributed by atoms with Gasteiger partial charge in [0.1, 0.15) is 11.6 Å². The summed E-state index contributed by atoms with van der Waals surface area (Å²) in [6, 6.07) is 3.58. The number of rotatable bonds is 8. The highest BCUT2D eigenvalue weighted by atomic mass is 35.5. The standard InChI is InChI=1S/C15H19ClFNO4/c1-3-15(4-2,14(20)21)9-18-13(19)8-22-12-6-5-10(17)7-11(12)16/h5-7H,3-4,8-9H2,1-2H3,(H,18,19)(H,20,21). The van der Waals surface area contributed by atoms with E-state index in [1.54, 1.807) is 13.8 Å². The number of nitrogens with one attached hydrogen (secondary N) is 1. The van der Waals surface area contributed by atoms with Crippen molar-refractivity contribution in [1.82, 2.24) is 5.32 Å². The number of carbonyl (C=O) groups is 2. The van der Waals surface area contributed by atoms with Gasteiger partial charge in [0.25, 0.3) is 5.91 Å². The molecule has 0 spiro atoms. The first-order chi connectivity index (χ1) is 10.3. The van der Waals surface area contributed by atoms with Crippen LogP contribution in [-0.2, 0) is 9.59 Å². The summed E-state index contributed by atoms with van der Waals surface area (Å²) in [6.07, 6.45) is 0.813. The van der Waals surface area contributed by atoms with E-state index in [0.29, 0.717) is 12.8 Å². The molecule has 0 saturated heterocycles. The zero-order valence-electron chi connectivity index (χ0n) is 12.5. The average molecular weight is 332 g/mol. The fourth-order valence-electron chi connectivity index (χ4n) is 1.93. The molecular formula is C15H19ClFNO4. The minimum absolute atomic E-state index is 0.0225. The van der Waals surface area contributed by atoms with Gasteiger partial charge in [-0.05, 0) is 31.0 Å². The van der Waals surface area contributed by atoms with Crippen molar-refractivity contribution < 1.29 is 23.8 Å². The molecule has 0 bridgehead atoms. The van der Waals surface area contributed by atoms with Crippen LogP contribution in [0, 0.1) is 11.2 Å². The smallest absolute Gasteiger partial charge is 0.311 e. The first-order valence-electron chi connectivity index (χ1n) is 6.92. The lowest BCUT2D eigenvalue weighted by molar-refractivity contribution is -0.149. The van der Waals surface area contributed by atoms with Crippen LogP contribution in [0.4, 0.5) is 4.39 Å². The molecule has 0 unspecified atom stereocenters. The summed E-state index contributed by atoms with van der Waals surface area (Å²) < 4.78 is 18.1. The number of amides is 1. The van der Waals surface area contributed by atoms with E-state index in [4.69, 9.17) is 16.3 Å². The summed E-state index contributed by atoms with van der Waals surface area (Å²) in [5.74, 6) is -1.72. The second-order valence-electron chi connectivity index (χ2n) is 4.93. The van der Waals surface area contributed by atoms with E-state index in [2.05, 4.69) is 5.32 Å². The molecule has 22 heavy (non-hydrogen) atoms. The van der Waals surface area contributed by atoms with Crippen LogP contribution in [0.2, 0.25) is 5.02 Å². The Morgan fingerprint density at radius 1 is 1.36 bits per heavy atom. The zero-order valence-corrected chi connectivity index (χ0v) is 13.2. The quantitative estimate of drug-likeness (QED) is 0.768. The van der Waals surface area contributed by atoms with Crippen molar-refractivity contribution in [3.8, 4) is 5.75 Å². The summed E-state index contributed by atoms with van der Waals surface area (Å²) in [6.45, 7) is 3.22. The average Bonchev–Trinajstić information content (AvgIpc) is 2.47. The Kier molecular flexibility index (Phi) is 6.61. The predicted octanol–water partition coefficient (Wildman–Crippen LogP) is 2.87. The van der Waals surface area contributed by atoms with Gasteiger partial charge in [-0.15, -0.1) is 0 Å². The number of carbonyl (C=O) groups excluding carboxylic acids is 1. The van der Waals surface area contributed by atoms with Gasteiger partial charge in [0.15, 0.2) is 6.61 Å². The molecule has 1 rings (SSSR count). The van der Waals surface area contributed by atoms with Crippen molar-refractivity contribution in [1.29, 1.82) is 0 Å². The van der Waals surface area contributed by atoms with Crippen LogP contribution in [0.25, 0.3) is 0 Å². The fourth-order valence-corrected chi connectivity index (χ4v) is 2.15. The molecular weight excluding hydrogens is 313 g/mol. The highest BCUT2D eigenvalue weighted by Gasteiger charge is 2.35. The molecule has 0 fully saturated rings. The number of hydrogen-bond acceptors (Lipinski definition) is 3. The van der Waals surface area contributed by atoms with E-state index in [9.17, 15) is 19.1 Å². The largest absolute Gasteiger partial charge is 0.482 e. The summed E-state index contributed by atoms with van der Waals surface area (Å²) in [7, 11) is 0. The molecule has 0 aliphatic carbocycles. The molecule has 0 saturated carbocycles. The number of ether oxygens (including phenoxy) is 1. The van der Waals surface area contributed by atoms with Gasteiger partial charge in [-0.2, -0.15) is 0 Å². The molecule has 0 aliphatic rings. The Morgan fingerprint density at radius 3 is 2.50 bits per heavy atom. The normalized spacial score (nSPS) is 11.1. The van der Waals surface area contributed by atoms with E-state index in [1.165, 1.54) is 12.1 Å². The Hall–Kier alpha value is -1.82. The topological polar surface area (TPSA) is 75.6 Å². The number of carboxylic acids is 1. The number of carboxylic acid groups (broad SMARTS) is 1. The summed E-state index contributed by atoms with van der Waals surface area (Å²) in [5.41, 5.74) is -0.983. The van der Waals surface area contributed by atoms with Gasteiger partial charge in [-0.1, -0.05) is 25.4 Å². The van der Waals surface area contributed by atoms with Crippen LogP contribution in [0.15, 0.2) is 18.2 Å². The van der Waals surface area contributed by atoms with Crippen molar-refractivity contribution >= 4 is 23.5 Å². The maximum atomic E-state index is 12.9. The lowest BCUT2D eigenvalue weighted by Gasteiger charge is -2.26. The van der Waals surface area contributed by atoms with E-state index < -0.39 is 23.1 Å². The van der Waals surface area contributed by atoms with Gasteiger partial charge in [-0.3, -0.25) is 9.59 Å². The number of aliphatic carboxylic acids is 1. The predicted molar refractivity (Wildman–Crippen MR) is 80.6 cm³/mol. The lowest BCUT2D eigenvalue weighted by atomic mass is 9.82. The second-order valence-corrected chi connectivity index (χ2v) is 5.34. The zero-order chi connectivity index (χ0) is 16.8. The van der Waals surface area contributed by atoms with Crippen LogP contribution >= 0.6 is 11.6 Å². The van der Waals surface area contributed by atoms with E-state index in [0.717, 1.165) is 6.07 Å². The van der Waals surface area contributed by atoms with Crippen LogP contribution in [0.1, 0.15) is 26.7 Å². The summed E-state index contributed by atoms with van der Waals surface area (Å²) in [5, 5.41) is 11.9. The van der Waals surface area contributed by atoms with Gasteiger partial charge in [0, 0.05) is 6.54 Å². The van der Waals surface area contributed by atoms with Gasteiger partial charge in [0.05, 0.1) is 10.4 Å². The van der Waals surface area contributed by atoms with Gasteiger partial charge in [-0.25, -0.2) is 4.39 Å². The van der Waals surface area contributed by atoms with Crippen LogP contribution in [0.3, 0.4) is 0 Å². The van der Waals surface area contributed by atoms with Gasteiger partial charge in [0.2, 0.25) is 0 Å². The monoisotopic (exact) mass is 331 g/mol. The molecule has 0 heterocycles. The third kappa shape index (κ3) is 4.59. The van der Waals surface area contributed by atoms with Gasteiger partial charge < -0.3 is 15.2 Å². The summed E-state index contributed by atoms with van der Waals surface area (Å²) >= 11 is 5.77. The van der Waals surface area contributed by atoms with Crippen molar-refractivity contribution in [2.75, 3.05) is 13.2 Å². The second kappa shape index (κ2) is 7.98. The Labute approximate surface area is 133 Å². The van der Waals surface area contributed by atoms with E-state index in [1.807, 2.05) is 0 Å². The summed E-state index contributed by atoms with van der Waals surface area (Å²) in [4.78, 5) is 23.1. The van der Waals surface area contributed by atoms with Crippen molar-refractivity contribution in [3.05, 3.63) is 29.0 Å². The lowest BCUT2D eigenvalue weighted by Crippen LogP contribution is -2.43. The number of benzene rings is 1. The van der Waals surface area contributed by atoms with Crippen molar-refractivity contribution in [2.45, 2.75) is 26.7 Å². The SMILES string of the molecule is CCC(CC)(CNC(=O)COc1ccc(F)cc1Cl)C(=O)O. The maximum absolute atomic E-state index is 12.9. The van der Waals surface area contributed by atoms with Crippen molar-refractivity contribution in [2.24, 2.45) is 5.41 Å². The molecule has 0 radical (unpaired) electrons. The molecule has 122 valence electrons. The highest BCUT2D eigenvalue weighted by Crippen LogP contribution is 2.26. The van der Waals surface area contributed by atoms with Crippen LogP contribution in [0.5, 0.6) is 5.75 Å². The molecule has 7 heteroatoms. The van der Waals surface area contributed by atoms with Crippen LogP contribution < -0.4 is 10.1 Å². The van der Waals surface area contributed by atoms with Gasteiger partial charge >= 0.3 is 5.97 Å². The molecule has 0 aliphatic heterocycles. The highest BCUT2D eigenvalue weighted by molar-refractivity contribution is 6.32. The first-order valence-corrected chi connectivity index (χ1v) is 7.30. The molecule has 0 atom stereocenters. The first kappa shape index (κ1) is 18.2. The maximum Gasteiger partial charge on any atom is 0.311 e. The molecule has 1 aromatic carbocycles. The minimum Gasteiger partial charge on any atom is -0.482 e. The molecule has 1 aromatic rings. The number of halogens is 2. The Bertz CT molecular complexity index is 546. The Morgan fingerprint density at radius 2 is 2.00 bits per heavy atom. The van der Waals surface area contributed by atoms with Crippen molar-refractivity contribution in [3.63, 3.8) is 0 Å². The third-order valence-corrected chi connectivity index (χ3v) is 3.98. The number of hydrogen-bond donors (Lipinski definition) is 2. The molecule has 2 N–H and O–H groups in total. The fraction of sp³-hybridized carbons (Fsp3) is 0.467. The van der Waals surface area contributed by atoms with Crippen LogP contribution in [-0.4, -0.2) is 30.1 Å². The third-order valence-electron chi connectivity index (χ3n) is 3.68. The van der Waals surface area contributed by atoms with E-state index >= 15 is 0 Å². The molecule has 1 amide bonds. The molecule has 0 aromatic heterocycles. The Balaban J connectivity index is 2.54.